The molecule has 2 aliphatic heterocycles. The molecule has 25 heavy (non-hydrogen) atoms. The van der Waals surface area contributed by atoms with E-state index in [0.29, 0.717) is 16.4 Å². The van der Waals surface area contributed by atoms with Crippen molar-refractivity contribution in [1.82, 2.24) is 4.90 Å². The molecule has 132 valence electrons. The van der Waals surface area contributed by atoms with E-state index in [2.05, 4.69) is 4.99 Å². The molecule has 0 aliphatic carbocycles. The summed E-state index contributed by atoms with van der Waals surface area (Å²) in [6.45, 7) is 7.42. The molecule has 6 heteroatoms. The van der Waals surface area contributed by atoms with Gasteiger partial charge in [0.2, 0.25) is 5.91 Å². The molecule has 3 rings (SSSR count). The number of esters is 1. The third-order valence-corrected chi connectivity index (χ3v) is 5.52. The highest BCUT2D eigenvalue weighted by molar-refractivity contribution is 8.15. The summed E-state index contributed by atoms with van der Waals surface area (Å²) in [5, 5.41) is 0.516. The Morgan fingerprint density at radius 2 is 2.00 bits per heavy atom. The third-order valence-electron chi connectivity index (χ3n) is 4.20. The number of allylic oxidation sites excluding steroid dienone is 1. The van der Waals surface area contributed by atoms with E-state index in [4.69, 9.17) is 4.74 Å². The van der Waals surface area contributed by atoms with E-state index in [1.165, 1.54) is 11.8 Å². The molecule has 1 amide bonds. The zero-order chi connectivity index (χ0) is 18.1. The Hall–Kier alpha value is -2.08. The number of rotatable bonds is 4. The summed E-state index contributed by atoms with van der Waals surface area (Å²) >= 11 is 1.47. The molecule has 2 atom stereocenters. The average molecular weight is 358 g/mol. The highest BCUT2D eigenvalue weighted by atomic mass is 32.2. The van der Waals surface area contributed by atoms with Crippen molar-refractivity contribution in [3.05, 3.63) is 47.2 Å². The second-order valence-corrected chi connectivity index (χ2v) is 7.55. The van der Waals surface area contributed by atoms with Gasteiger partial charge in [-0.1, -0.05) is 49.0 Å². The summed E-state index contributed by atoms with van der Waals surface area (Å²) in [7, 11) is 0. The molecule has 1 fully saturated rings. The van der Waals surface area contributed by atoms with Crippen molar-refractivity contribution >= 4 is 28.8 Å². The van der Waals surface area contributed by atoms with Crippen LogP contribution in [0.4, 0.5) is 0 Å². The van der Waals surface area contributed by atoms with Gasteiger partial charge in [-0.25, -0.2) is 9.79 Å². The fourth-order valence-corrected chi connectivity index (χ4v) is 4.21. The molecule has 0 unspecified atom stereocenters. The van der Waals surface area contributed by atoms with Crippen molar-refractivity contribution in [2.75, 3.05) is 0 Å². The predicted octanol–water partition coefficient (Wildman–Crippen LogP) is 3.68. The van der Waals surface area contributed by atoms with Gasteiger partial charge in [-0.05, 0) is 32.8 Å². The van der Waals surface area contributed by atoms with Crippen molar-refractivity contribution in [1.29, 1.82) is 0 Å². The number of carbonyl (C=O) groups excluding carboxylic acids is 2. The first-order valence-electron chi connectivity index (χ1n) is 8.49. The molecule has 1 aromatic rings. The minimum atomic E-state index is -0.489. The summed E-state index contributed by atoms with van der Waals surface area (Å²) in [6, 6.07) is 9.11. The van der Waals surface area contributed by atoms with Crippen LogP contribution < -0.4 is 0 Å². The van der Waals surface area contributed by atoms with Crippen LogP contribution >= 0.6 is 11.8 Å². The number of thioether (sulfide) groups is 1. The molecule has 0 N–H and O–H groups in total. The molecule has 2 aliphatic rings. The average Bonchev–Trinajstić information content (AvgIpc) is 2.89. The Bertz CT molecular complexity index is 755. The zero-order valence-electron chi connectivity index (χ0n) is 14.9. The summed E-state index contributed by atoms with van der Waals surface area (Å²) in [5.74, 6) is -0.413. The van der Waals surface area contributed by atoms with Gasteiger partial charge in [0.25, 0.3) is 0 Å². The van der Waals surface area contributed by atoms with Gasteiger partial charge in [0, 0.05) is 0 Å². The van der Waals surface area contributed by atoms with E-state index >= 15 is 0 Å². The molecule has 1 saturated heterocycles. The van der Waals surface area contributed by atoms with Crippen molar-refractivity contribution in [2.24, 2.45) is 4.99 Å². The monoisotopic (exact) mass is 358 g/mol. The molecular formula is C19H22N2O3S. The highest BCUT2D eigenvalue weighted by Gasteiger charge is 2.47. The number of aliphatic imine (C=N–C) groups is 1. The van der Waals surface area contributed by atoms with Crippen LogP contribution in [0.5, 0.6) is 0 Å². The topological polar surface area (TPSA) is 59.0 Å². The zero-order valence-corrected chi connectivity index (χ0v) is 15.7. The maximum Gasteiger partial charge on any atom is 0.338 e. The van der Waals surface area contributed by atoms with Crippen LogP contribution in [0.25, 0.3) is 0 Å². The van der Waals surface area contributed by atoms with Crippen LogP contribution in [0.1, 0.15) is 45.7 Å². The quantitative estimate of drug-likeness (QED) is 0.771. The van der Waals surface area contributed by atoms with Crippen LogP contribution in [-0.2, 0) is 14.3 Å². The lowest BCUT2D eigenvalue weighted by Gasteiger charge is -2.33. The Labute approximate surface area is 152 Å². The van der Waals surface area contributed by atoms with Gasteiger partial charge in [-0.3, -0.25) is 9.69 Å². The number of benzene rings is 1. The number of ether oxygens (including phenoxy) is 1. The highest BCUT2D eigenvalue weighted by Crippen LogP contribution is 2.43. The largest absolute Gasteiger partial charge is 0.459 e. The Kier molecular flexibility index (Phi) is 4.99. The van der Waals surface area contributed by atoms with Gasteiger partial charge in [0.15, 0.2) is 5.17 Å². The minimum Gasteiger partial charge on any atom is -0.459 e. The number of nitrogens with zero attached hydrogens (tertiary/aromatic N) is 2. The standard InChI is InChI=1S/C19H22N2O3S/c1-5-14-17(22)21-16(13-9-7-6-8-10-13)15(18(23)24-11(2)3)12(4)20-19(21)25-14/h6-11,14,16H,5H2,1-4H3/t14-,16-/m1/s1. The summed E-state index contributed by atoms with van der Waals surface area (Å²) in [6.07, 6.45) is 0.493. The Balaban J connectivity index is 2.11. The smallest absolute Gasteiger partial charge is 0.338 e. The molecular weight excluding hydrogens is 336 g/mol. The maximum absolute atomic E-state index is 12.9. The number of hydrogen-bond donors (Lipinski definition) is 0. The van der Waals surface area contributed by atoms with Crippen LogP contribution in [0.15, 0.2) is 46.6 Å². The van der Waals surface area contributed by atoms with E-state index in [9.17, 15) is 9.59 Å². The second-order valence-electron chi connectivity index (χ2n) is 6.38. The van der Waals surface area contributed by atoms with E-state index in [-0.39, 0.29) is 17.3 Å². The predicted molar refractivity (Wildman–Crippen MR) is 99.1 cm³/mol. The van der Waals surface area contributed by atoms with Crippen molar-refractivity contribution in [3.8, 4) is 0 Å². The summed E-state index contributed by atoms with van der Waals surface area (Å²) in [5.41, 5.74) is 1.94. The number of hydrogen-bond acceptors (Lipinski definition) is 5. The third kappa shape index (κ3) is 3.23. The van der Waals surface area contributed by atoms with Gasteiger partial charge in [0.05, 0.1) is 28.7 Å². The molecule has 0 aromatic heterocycles. The van der Waals surface area contributed by atoms with Gasteiger partial charge in [0.1, 0.15) is 0 Å². The summed E-state index contributed by atoms with van der Waals surface area (Å²) in [4.78, 5) is 31.9. The first-order chi connectivity index (χ1) is 11.9. The normalized spacial score (nSPS) is 23.0. The molecule has 1 aromatic carbocycles. The first kappa shape index (κ1) is 17.7. The Morgan fingerprint density at radius 3 is 2.60 bits per heavy atom. The molecule has 5 nitrogen and oxygen atoms in total. The van der Waals surface area contributed by atoms with Crippen molar-refractivity contribution < 1.29 is 14.3 Å². The second kappa shape index (κ2) is 7.04. The molecule has 0 spiro atoms. The van der Waals surface area contributed by atoms with Crippen molar-refractivity contribution in [3.63, 3.8) is 0 Å². The molecule has 2 heterocycles. The van der Waals surface area contributed by atoms with Crippen molar-refractivity contribution in [2.45, 2.75) is 51.5 Å². The van der Waals surface area contributed by atoms with E-state index in [1.54, 1.807) is 4.90 Å². The lowest BCUT2D eigenvalue weighted by atomic mass is 9.94. The molecule has 0 bridgehead atoms. The van der Waals surface area contributed by atoms with E-state index in [0.717, 1.165) is 12.0 Å². The SMILES string of the molecule is CC[C@H]1SC2=NC(C)=C(C(=O)OC(C)C)[C@@H](c3ccccc3)N2C1=O. The lowest BCUT2D eigenvalue weighted by Crippen LogP contribution is -2.41. The number of carbonyl (C=O) groups is 2. The number of amides is 1. The van der Waals surface area contributed by atoms with Gasteiger partial charge >= 0.3 is 5.97 Å². The minimum absolute atomic E-state index is 0.00227. The van der Waals surface area contributed by atoms with Crippen LogP contribution in [0.3, 0.4) is 0 Å². The number of fused-ring (bicyclic) bond motifs is 1. The van der Waals surface area contributed by atoms with E-state index in [1.807, 2.05) is 58.0 Å². The van der Waals surface area contributed by atoms with Gasteiger partial charge < -0.3 is 4.74 Å². The fourth-order valence-electron chi connectivity index (χ4n) is 3.08. The maximum atomic E-state index is 12.9. The summed E-state index contributed by atoms with van der Waals surface area (Å²) < 4.78 is 5.44. The van der Waals surface area contributed by atoms with Crippen LogP contribution in [-0.4, -0.2) is 33.3 Å². The molecule has 0 saturated carbocycles. The van der Waals surface area contributed by atoms with Crippen LogP contribution in [0, 0.1) is 0 Å². The van der Waals surface area contributed by atoms with Crippen LogP contribution in [0.2, 0.25) is 0 Å². The van der Waals surface area contributed by atoms with E-state index < -0.39 is 12.0 Å². The number of amidine groups is 1. The van der Waals surface area contributed by atoms with Gasteiger partial charge in [-0.15, -0.1) is 0 Å². The van der Waals surface area contributed by atoms with Gasteiger partial charge in [-0.2, -0.15) is 0 Å². The lowest BCUT2D eigenvalue weighted by molar-refractivity contribution is -0.143. The first-order valence-corrected chi connectivity index (χ1v) is 9.37. The molecule has 0 radical (unpaired) electrons. The Morgan fingerprint density at radius 1 is 1.32 bits per heavy atom. The fraction of sp³-hybridized carbons (Fsp3) is 0.421.